The van der Waals surface area contributed by atoms with Crippen molar-refractivity contribution in [2.75, 3.05) is 5.32 Å². The van der Waals surface area contributed by atoms with Crippen molar-refractivity contribution in [2.24, 2.45) is 4.99 Å². The van der Waals surface area contributed by atoms with E-state index < -0.39 is 0 Å². The lowest BCUT2D eigenvalue weighted by atomic mass is 10.1. The average Bonchev–Trinajstić information content (AvgIpc) is 2.95. The van der Waals surface area contributed by atoms with Gasteiger partial charge < -0.3 is 10.4 Å². The fraction of sp³-hybridized carbons (Fsp3) is 0.0714. The minimum atomic E-state index is -0.217. The number of aromatic nitrogens is 1. The Hall–Kier alpha value is -2.47. The number of thiazole rings is 1. The van der Waals surface area contributed by atoms with E-state index >= 15 is 0 Å². The number of nitrogens with zero attached hydrogens (tertiary/aromatic N) is 2. The van der Waals surface area contributed by atoms with E-state index in [1.54, 1.807) is 6.21 Å². The second-order valence-corrected chi connectivity index (χ2v) is 5.29. The third kappa shape index (κ3) is 2.33. The fourth-order valence-corrected chi connectivity index (χ4v) is 2.78. The van der Waals surface area contributed by atoms with Crippen LogP contribution in [0.5, 0.6) is 5.88 Å². The van der Waals surface area contributed by atoms with Gasteiger partial charge in [0.15, 0.2) is 5.13 Å². The smallest absolute Gasteiger partial charge is 0.231 e. The van der Waals surface area contributed by atoms with Crippen LogP contribution >= 0.6 is 11.3 Å². The van der Waals surface area contributed by atoms with Crippen LogP contribution in [-0.4, -0.2) is 22.2 Å². The van der Waals surface area contributed by atoms with Gasteiger partial charge in [-0.25, -0.2) is 0 Å². The van der Waals surface area contributed by atoms with Crippen LogP contribution in [0.15, 0.2) is 29.3 Å². The lowest BCUT2D eigenvalue weighted by molar-refractivity contribution is -0.114. The van der Waals surface area contributed by atoms with Crippen LogP contribution in [0.2, 0.25) is 0 Å². The molecular formula is C14H11N3O2S. The summed E-state index contributed by atoms with van der Waals surface area (Å²) in [6, 6.07) is 7.78. The number of para-hydroxylation sites is 1. The number of allylic oxidation sites excluding steroid dienone is 1. The Morgan fingerprint density at radius 1 is 1.40 bits per heavy atom. The van der Waals surface area contributed by atoms with Gasteiger partial charge in [-0.3, -0.25) is 9.79 Å². The standard InChI is InChI=1S/C14H11N3O2S/c1-8(18)16-14-17-13(19)12(20-14)6-9-7-15-11-5-3-2-4-10(9)11/h2-7,19H,1H3,(H,16,17,18). The quantitative estimate of drug-likeness (QED) is 0.890. The van der Waals surface area contributed by atoms with E-state index in [0.717, 1.165) is 16.8 Å². The van der Waals surface area contributed by atoms with Crippen LogP contribution < -0.4 is 5.32 Å². The first-order valence-electron chi connectivity index (χ1n) is 5.96. The predicted octanol–water partition coefficient (Wildman–Crippen LogP) is 3.06. The highest BCUT2D eigenvalue weighted by Gasteiger charge is 2.14. The number of hydrogen-bond donors (Lipinski definition) is 2. The Bertz CT molecular complexity index is 747. The Morgan fingerprint density at radius 3 is 3.00 bits per heavy atom. The summed E-state index contributed by atoms with van der Waals surface area (Å²) in [5.41, 5.74) is 2.83. The maximum Gasteiger partial charge on any atom is 0.231 e. The van der Waals surface area contributed by atoms with E-state index in [9.17, 15) is 9.90 Å². The summed E-state index contributed by atoms with van der Waals surface area (Å²) in [4.78, 5) is 19.8. The summed E-state index contributed by atoms with van der Waals surface area (Å²) >= 11 is 1.22. The molecule has 1 amide bonds. The number of aliphatic imine (C=N–C) groups is 1. The zero-order chi connectivity index (χ0) is 14.1. The molecule has 1 aliphatic heterocycles. The van der Waals surface area contributed by atoms with Gasteiger partial charge in [0.1, 0.15) is 0 Å². The first kappa shape index (κ1) is 12.6. The zero-order valence-electron chi connectivity index (χ0n) is 10.6. The third-order valence-corrected chi connectivity index (χ3v) is 3.67. The summed E-state index contributed by atoms with van der Waals surface area (Å²) in [5, 5.41) is 12.7. The molecule has 0 spiro atoms. The van der Waals surface area contributed by atoms with E-state index in [4.69, 9.17) is 0 Å². The van der Waals surface area contributed by atoms with Crippen molar-refractivity contribution in [3.63, 3.8) is 0 Å². The normalized spacial score (nSPS) is 14.6. The maximum atomic E-state index is 11.0. The largest absolute Gasteiger partial charge is 0.492 e. The molecule has 0 saturated heterocycles. The predicted molar refractivity (Wildman–Crippen MR) is 80.5 cm³/mol. The molecule has 0 unspecified atom stereocenters. The van der Waals surface area contributed by atoms with E-state index in [1.165, 1.54) is 18.3 Å². The molecule has 0 aliphatic carbocycles. The molecule has 1 aliphatic rings. The molecule has 2 heterocycles. The van der Waals surface area contributed by atoms with Crippen LogP contribution in [0.4, 0.5) is 10.8 Å². The highest BCUT2D eigenvalue weighted by molar-refractivity contribution is 7.17. The summed E-state index contributed by atoms with van der Waals surface area (Å²) < 4.78 is 0. The van der Waals surface area contributed by atoms with E-state index in [-0.39, 0.29) is 11.8 Å². The van der Waals surface area contributed by atoms with Gasteiger partial charge in [-0.2, -0.15) is 4.98 Å². The van der Waals surface area contributed by atoms with Crippen molar-refractivity contribution in [1.82, 2.24) is 4.98 Å². The molecule has 2 aromatic rings. The van der Waals surface area contributed by atoms with Crippen molar-refractivity contribution < 1.29 is 9.90 Å². The minimum Gasteiger partial charge on any atom is -0.492 e. The SMILES string of the molecule is CC(=O)Nc1nc(O)c(C=C2C=Nc3ccccc32)s1. The molecule has 3 rings (SSSR count). The molecule has 0 radical (unpaired) electrons. The van der Waals surface area contributed by atoms with Gasteiger partial charge in [0.2, 0.25) is 11.8 Å². The van der Waals surface area contributed by atoms with Crippen LogP contribution in [0.3, 0.4) is 0 Å². The average molecular weight is 285 g/mol. The zero-order valence-corrected chi connectivity index (χ0v) is 11.4. The van der Waals surface area contributed by atoms with Gasteiger partial charge in [-0.15, -0.1) is 0 Å². The monoisotopic (exact) mass is 285 g/mol. The lowest BCUT2D eigenvalue weighted by Gasteiger charge is -1.97. The molecule has 1 aromatic carbocycles. The van der Waals surface area contributed by atoms with Gasteiger partial charge >= 0.3 is 0 Å². The molecule has 1 aromatic heterocycles. The number of nitrogens with one attached hydrogen (secondary N) is 1. The molecule has 0 saturated carbocycles. The highest BCUT2D eigenvalue weighted by atomic mass is 32.1. The second kappa shape index (κ2) is 4.90. The number of anilines is 1. The molecule has 0 fully saturated rings. The van der Waals surface area contributed by atoms with Gasteiger partial charge in [0.25, 0.3) is 0 Å². The van der Waals surface area contributed by atoms with Crippen LogP contribution in [0.25, 0.3) is 11.6 Å². The van der Waals surface area contributed by atoms with Crippen LogP contribution in [0.1, 0.15) is 17.4 Å². The number of aromatic hydroxyl groups is 1. The van der Waals surface area contributed by atoms with Crippen molar-refractivity contribution >= 4 is 45.9 Å². The minimum absolute atomic E-state index is 0.0935. The maximum absolute atomic E-state index is 11.0. The van der Waals surface area contributed by atoms with Crippen molar-refractivity contribution in [1.29, 1.82) is 0 Å². The van der Waals surface area contributed by atoms with Crippen LogP contribution in [-0.2, 0) is 4.79 Å². The molecule has 20 heavy (non-hydrogen) atoms. The number of carbonyl (C=O) groups excluding carboxylic acids is 1. The first-order chi connectivity index (χ1) is 9.63. The summed E-state index contributed by atoms with van der Waals surface area (Å²) in [6.07, 6.45) is 3.57. The topological polar surface area (TPSA) is 74.6 Å². The van der Waals surface area contributed by atoms with E-state index in [2.05, 4.69) is 15.3 Å². The second-order valence-electron chi connectivity index (χ2n) is 4.26. The third-order valence-electron chi connectivity index (χ3n) is 2.76. The Kier molecular flexibility index (Phi) is 3.08. The van der Waals surface area contributed by atoms with Gasteiger partial charge in [-0.05, 0) is 12.1 Å². The van der Waals surface area contributed by atoms with Crippen molar-refractivity contribution in [3.05, 3.63) is 34.7 Å². The Morgan fingerprint density at radius 2 is 2.20 bits per heavy atom. The molecule has 100 valence electrons. The molecule has 6 heteroatoms. The first-order valence-corrected chi connectivity index (χ1v) is 6.77. The van der Waals surface area contributed by atoms with E-state index in [0.29, 0.717) is 10.0 Å². The summed E-state index contributed by atoms with van der Waals surface area (Å²) in [6.45, 7) is 1.40. The molecule has 5 nitrogen and oxygen atoms in total. The number of carbonyl (C=O) groups is 1. The van der Waals surface area contributed by atoms with Gasteiger partial charge in [0.05, 0.1) is 10.6 Å². The molecular weight excluding hydrogens is 274 g/mol. The molecule has 2 N–H and O–H groups in total. The molecule has 0 atom stereocenters. The lowest BCUT2D eigenvalue weighted by Crippen LogP contribution is -2.04. The van der Waals surface area contributed by atoms with Gasteiger partial charge in [-0.1, -0.05) is 29.5 Å². The number of fused-ring (bicyclic) bond motifs is 1. The number of benzene rings is 1. The number of hydrogen-bond acceptors (Lipinski definition) is 5. The Balaban J connectivity index is 1.96. The van der Waals surface area contributed by atoms with E-state index in [1.807, 2.05) is 30.3 Å². The summed E-state index contributed by atoms with van der Waals surface area (Å²) in [5.74, 6) is -0.310. The fourth-order valence-electron chi connectivity index (χ4n) is 1.92. The molecule has 0 bridgehead atoms. The highest BCUT2D eigenvalue weighted by Crippen LogP contribution is 2.36. The number of rotatable bonds is 2. The van der Waals surface area contributed by atoms with Crippen LogP contribution in [0, 0.1) is 0 Å². The summed E-state index contributed by atoms with van der Waals surface area (Å²) in [7, 11) is 0. The van der Waals surface area contributed by atoms with Crippen molar-refractivity contribution in [3.8, 4) is 5.88 Å². The van der Waals surface area contributed by atoms with Gasteiger partial charge in [0, 0.05) is 24.3 Å². The Labute approximate surface area is 119 Å². The number of amides is 1. The van der Waals surface area contributed by atoms with Crippen molar-refractivity contribution in [2.45, 2.75) is 6.92 Å².